The van der Waals surface area contributed by atoms with E-state index in [1.807, 2.05) is 0 Å². The first-order valence-electron chi connectivity index (χ1n) is 4.46. The molecule has 2 heterocycles. The average molecular weight is 301 g/mol. The van der Waals surface area contributed by atoms with Gasteiger partial charge in [-0.15, -0.1) is 0 Å². The first kappa shape index (κ1) is 8.39. The SMILES string of the molecule is Ic1nc(NC2CC2)c2nc[nH]c2n1. The molecule has 6 heteroatoms. The van der Waals surface area contributed by atoms with E-state index in [4.69, 9.17) is 0 Å². The van der Waals surface area contributed by atoms with Crippen molar-refractivity contribution in [1.29, 1.82) is 0 Å². The van der Waals surface area contributed by atoms with Crippen molar-refractivity contribution in [2.45, 2.75) is 18.9 Å². The fourth-order valence-electron chi connectivity index (χ4n) is 1.33. The number of hydrogen-bond acceptors (Lipinski definition) is 4. The summed E-state index contributed by atoms with van der Waals surface area (Å²) in [6, 6.07) is 0.584. The van der Waals surface area contributed by atoms with Gasteiger partial charge in [0.05, 0.1) is 6.33 Å². The van der Waals surface area contributed by atoms with Crippen LogP contribution < -0.4 is 5.32 Å². The smallest absolute Gasteiger partial charge is 0.194 e. The molecule has 1 aliphatic carbocycles. The van der Waals surface area contributed by atoms with Crippen LogP contribution in [0.2, 0.25) is 0 Å². The number of fused-ring (bicyclic) bond motifs is 1. The number of nitrogens with zero attached hydrogens (tertiary/aromatic N) is 3. The maximum Gasteiger partial charge on any atom is 0.194 e. The van der Waals surface area contributed by atoms with Gasteiger partial charge in [0.25, 0.3) is 0 Å². The fourth-order valence-corrected chi connectivity index (χ4v) is 1.81. The molecule has 0 bridgehead atoms. The van der Waals surface area contributed by atoms with Crippen molar-refractivity contribution < 1.29 is 0 Å². The molecule has 72 valence electrons. The molecule has 1 saturated carbocycles. The minimum absolute atomic E-state index is 0.584. The van der Waals surface area contributed by atoms with Gasteiger partial charge >= 0.3 is 0 Å². The summed E-state index contributed by atoms with van der Waals surface area (Å²) in [5.74, 6) is 0.850. The number of aromatic nitrogens is 4. The lowest BCUT2D eigenvalue weighted by atomic mass is 10.5. The van der Waals surface area contributed by atoms with Crippen molar-refractivity contribution in [3.8, 4) is 0 Å². The van der Waals surface area contributed by atoms with Gasteiger partial charge in [-0.2, -0.15) is 0 Å². The molecule has 1 aliphatic rings. The van der Waals surface area contributed by atoms with Crippen LogP contribution in [0.25, 0.3) is 11.2 Å². The fraction of sp³-hybridized carbons (Fsp3) is 0.375. The molecular weight excluding hydrogens is 293 g/mol. The molecule has 2 aromatic rings. The number of imidazole rings is 1. The van der Waals surface area contributed by atoms with Crippen LogP contribution in [0.5, 0.6) is 0 Å². The van der Waals surface area contributed by atoms with Crippen LogP contribution in [-0.2, 0) is 0 Å². The molecule has 0 aliphatic heterocycles. The van der Waals surface area contributed by atoms with E-state index in [1.165, 1.54) is 12.8 Å². The van der Waals surface area contributed by atoms with Crippen LogP contribution in [0.3, 0.4) is 0 Å². The number of aromatic amines is 1. The van der Waals surface area contributed by atoms with Crippen LogP contribution in [-0.4, -0.2) is 26.0 Å². The van der Waals surface area contributed by atoms with Gasteiger partial charge in [0.15, 0.2) is 15.3 Å². The lowest BCUT2D eigenvalue weighted by molar-refractivity contribution is 1.07. The van der Waals surface area contributed by atoms with Crippen molar-refractivity contribution in [2.24, 2.45) is 0 Å². The Bertz CT molecular complexity index is 476. The first-order chi connectivity index (χ1) is 6.83. The van der Waals surface area contributed by atoms with Gasteiger partial charge < -0.3 is 10.3 Å². The molecular formula is C8H8IN5. The van der Waals surface area contributed by atoms with Crippen LogP contribution in [0.4, 0.5) is 5.82 Å². The van der Waals surface area contributed by atoms with Crippen molar-refractivity contribution >= 4 is 39.6 Å². The Balaban J connectivity index is 2.13. The Morgan fingerprint density at radius 2 is 2.29 bits per heavy atom. The molecule has 0 spiro atoms. The average Bonchev–Trinajstić information content (AvgIpc) is 2.81. The Hall–Kier alpha value is -0.920. The molecule has 3 rings (SSSR count). The minimum atomic E-state index is 0.584. The molecule has 0 unspecified atom stereocenters. The Labute approximate surface area is 93.9 Å². The van der Waals surface area contributed by atoms with Crippen LogP contribution >= 0.6 is 22.6 Å². The maximum absolute atomic E-state index is 4.34. The topological polar surface area (TPSA) is 66.5 Å². The third-order valence-electron chi connectivity index (χ3n) is 2.17. The van der Waals surface area contributed by atoms with Crippen LogP contribution in [0.15, 0.2) is 6.33 Å². The molecule has 14 heavy (non-hydrogen) atoms. The zero-order valence-corrected chi connectivity index (χ0v) is 9.45. The van der Waals surface area contributed by atoms with Gasteiger partial charge in [-0.05, 0) is 12.8 Å². The number of halogens is 1. The lowest BCUT2D eigenvalue weighted by Gasteiger charge is -2.03. The van der Waals surface area contributed by atoms with E-state index in [2.05, 4.69) is 47.8 Å². The van der Waals surface area contributed by atoms with E-state index < -0.39 is 0 Å². The first-order valence-corrected chi connectivity index (χ1v) is 5.54. The summed E-state index contributed by atoms with van der Waals surface area (Å²) >= 11 is 2.11. The van der Waals surface area contributed by atoms with Crippen molar-refractivity contribution in [2.75, 3.05) is 5.32 Å². The summed E-state index contributed by atoms with van der Waals surface area (Å²) < 4.78 is 0.738. The van der Waals surface area contributed by atoms with Gasteiger partial charge in [-0.3, -0.25) is 0 Å². The highest BCUT2D eigenvalue weighted by Gasteiger charge is 2.23. The lowest BCUT2D eigenvalue weighted by Crippen LogP contribution is -2.05. The highest BCUT2D eigenvalue weighted by molar-refractivity contribution is 14.1. The normalized spacial score (nSPS) is 16.1. The molecule has 0 radical (unpaired) electrons. The summed E-state index contributed by atoms with van der Waals surface area (Å²) in [6.07, 6.45) is 4.10. The Kier molecular flexibility index (Phi) is 1.82. The number of nitrogens with one attached hydrogen (secondary N) is 2. The summed E-state index contributed by atoms with van der Waals surface area (Å²) in [5, 5.41) is 3.35. The van der Waals surface area contributed by atoms with Gasteiger partial charge in [0.2, 0.25) is 0 Å². The standard InChI is InChI=1S/C8H8IN5/c9-8-13-6-5(10-3-11-6)7(14-8)12-4-1-2-4/h3-4H,1-2H2,(H2,10,11,12,13,14). The summed E-state index contributed by atoms with van der Waals surface area (Å²) in [6.45, 7) is 0. The van der Waals surface area contributed by atoms with Gasteiger partial charge in [-0.1, -0.05) is 0 Å². The summed E-state index contributed by atoms with van der Waals surface area (Å²) in [5.41, 5.74) is 1.63. The molecule has 2 N–H and O–H groups in total. The van der Waals surface area contributed by atoms with Gasteiger partial charge in [0.1, 0.15) is 5.52 Å². The summed E-state index contributed by atoms with van der Waals surface area (Å²) in [4.78, 5) is 15.8. The molecule has 2 aromatic heterocycles. The maximum atomic E-state index is 4.34. The second-order valence-electron chi connectivity index (χ2n) is 3.36. The van der Waals surface area contributed by atoms with Gasteiger partial charge in [0, 0.05) is 28.6 Å². The van der Waals surface area contributed by atoms with E-state index in [0.717, 1.165) is 20.8 Å². The van der Waals surface area contributed by atoms with Crippen molar-refractivity contribution in [3.05, 3.63) is 10.2 Å². The highest BCUT2D eigenvalue weighted by atomic mass is 127. The van der Waals surface area contributed by atoms with E-state index in [0.29, 0.717) is 6.04 Å². The third-order valence-corrected chi connectivity index (χ3v) is 2.65. The van der Waals surface area contributed by atoms with E-state index in [9.17, 15) is 0 Å². The Morgan fingerprint density at radius 1 is 1.43 bits per heavy atom. The zero-order chi connectivity index (χ0) is 9.54. The van der Waals surface area contributed by atoms with Crippen molar-refractivity contribution in [3.63, 3.8) is 0 Å². The highest BCUT2D eigenvalue weighted by Crippen LogP contribution is 2.26. The predicted molar refractivity (Wildman–Crippen MR) is 61.0 cm³/mol. The molecule has 1 fully saturated rings. The monoisotopic (exact) mass is 301 g/mol. The largest absolute Gasteiger partial charge is 0.365 e. The quantitative estimate of drug-likeness (QED) is 0.652. The molecule has 0 atom stereocenters. The van der Waals surface area contributed by atoms with Crippen LogP contribution in [0.1, 0.15) is 12.8 Å². The number of rotatable bonds is 2. The molecule has 0 saturated heterocycles. The van der Waals surface area contributed by atoms with Crippen molar-refractivity contribution in [1.82, 2.24) is 19.9 Å². The Morgan fingerprint density at radius 3 is 3.07 bits per heavy atom. The number of anilines is 1. The van der Waals surface area contributed by atoms with Gasteiger partial charge in [-0.25, -0.2) is 15.0 Å². The molecule has 0 aromatic carbocycles. The second-order valence-corrected chi connectivity index (χ2v) is 4.32. The number of hydrogen-bond donors (Lipinski definition) is 2. The van der Waals surface area contributed by atoms with Crippen LogP contribution in [0, 0.1) is 3.83 Å². The zero-order valence-electron chi connectivity index (χ0n) is 7.29. The molecule has 5 nitrogen and oxygen atoms in total. The minimum Gasteiger partial charge on any atom is -0.365 e. The van der Waals surface area contributed by atoms with E-state index >= 15 is 0 Å². The van der Waals surface area contributed by atoms with E-state index in [1.54, 1.807) is 6.33 Å². The third kappa shape index (κ3) is 1.43. The predicted octanol–water partition coefficient (Wildman–Crippen LogP) is 1.53. The second kappa shape index (κ2) is 3.04. The van der Waals surface area contributed by atoms with E-state index in [-0.39, 0.29) is 0 Å². The number of H-pyrrole nitrogens is 1. The summed E-state index contributed by atoms with van der Waals surface area (Å²) in [7, 11) is 0. The molecule has 0 amide bonds.